The molecule has 0 aliphatic rings. The first-order chi connectivity index (χ1) is 14.7. The Morgan fingerprint density at radius 3 is 1.97 bits per heavy atom. The van der Waals surface area contributed by atoms with Crippen LogP contribution in [0.2, 0.25) is 0 Å². The number of nitriles is 2. The molecule has 0 atom stereocenters. The number of nitrogens with zero attached hydrogens (tertiary/aromatic N) is 2. The van der Waals surface area contributed by atoms with Crippen LogP contribution in [0.1, 0.15) is 5.56 Å². The number of anilines is 1. The first kappa shape index (κ1) is 24.7. The van der Waals surface area contributed by atoms with Crippen LogP contribution in [0.3, 0.4) is 0 Å². The van der Waals surface area contributed by atoms with Gasteiger partial charge in [-0.3, -0.25) is 0 Å². The normalized spacial score (nSPS) is 11.2. The van der Waals surface area contributed by atoms with E-state index in [1.165, 1.54) is 12.1 Å². The molecule has 0 aliphatic heterocycles. The van der Waals surface area contributed by atoms with E-state index in [9.17, 15) is 35.1 Å². The fraction of sp³-hybridized carbons (Fsp3) is 0.111. The molecule has 0 aromatic heterocycles. The summed E-state index contributed by atoms with van der Waals surface area (Å²) >= 11 is 2.81. The zero-order chi connectivity index (χ0) is 24.3. The number of rotatable bonds is 5. The second-order valence-corrected chi connectivity index (χ2v) is 6.48. The Morgan fingerprint density at radius 2 is 1.50 bits per heavy atom. The van der Waals surface area contributed by atoms with E-state index in [2.05, 4.69) is 26.0 Å². The van der Waals surface area contributed by atoms with Crippen molar-refractivity contribution in [1.29, 1.82) is 10.5 Å². The van der Waals surface area contributed by atoms with Crippen molar-refractivity contribution in [3.8, 4) is 29.4 Å². The summed E-state index contributed by atoms with van der Waals surface area (Å²) in [6.07, 6.45) is -9.43. The molecular formula is C18H6BrF8N3O2. The number of halogens is 9. The minimum absolute atomic E-state index is 0.0378. The largest absolute Gasteiger partial charge is 0.573 e. The van der Waals surface area contributed by atoms with Gasteiger partial charge in [-0.25, -0.2) is 8.78 Å². The van der Waals surface area contributed by atoms with E-state index >= 15 is 0 Å². The molecule has 0 heterocycles. The zero-order valence-electron chi connectivity index (χ0n) is 15.0. The number of hydrogen-bond donors (Lipinski definition) is 1. The molecule has 32 heavy (non-hydrogen) atoms. The quantitative estimate of drug-likeness (QED) is 0.342. The van der Waals surface area contributed by atoms with Gasteiger partial charge in [0, 0.05) is 12.3 Å². The van der Waals surface area contributed by atoms with E-state index in [4.69, 9.17) is 15.3 Å². The smallest absolute Gasteiger partial charge is 0.448 e. The monoisotopic (exact) mass is 527 g/mol. The highest BCUT2D eigenvalue weighted by molar-refractivity contribution is 9.10. The van der Waals surface area contributed by atoms with Crippen molar-refractivity contribution in [2.24, 2.45) is 0 Å². The lowest BCUT2D eigenvalue weighted by molar-refractivity contribution is -0.274. The van der Waals surface area contributed by atoms with Crippen LogP contribution in [0.25, 0.3) is 0 Å². The van der Waals surface area contributed by atoms with Gasteiger partial charge in [-0.05, 0) is 34.1 Å². The van der Waals surface area contributed by atoms with Gasteiger partial charge in [0.2, 0.25) is 0 Å². The minimum atomic E-state index is -5.12. The first-order valence-corrected chi connectivity index (χ1v) is 8.64. The van der Waals surface area contributed by atoms with Gasteiger partial charge in [0.15, 0.2) is 23.1 Å². The maximum Gasteiger partial charge on any atom is 0.573 e. The van der Waals surface area contributed by atoms with Gasteiger partial charge in [0.1, 0.15) is 23.5 Å². The van der Waals surface area contributed by atoms with Crippen molar-refractivity contribution in [3.63, 3.8) is 0 Å². The fourth-order valence-electron chi connectivity index (χ4n) is 2.13. The summed E-state index contributed by atoms with van der Waals surface area (Å²) in [6.45, 7) is 0. The van der Waals surface area contributed by atoms with Gasteiger partial charge in [-0.1, -0.05) is 0 Å². The summed E-state index contributed by atoms with van der Waals surface area (Å²) in [5, 5.41) is 19.7. The molecule has 14 heteroatoms. The lowest BCUT2D eigenvalue weighted by Crippen LogP contribution is -2.17. The van der Waals surface area contributed by atoms with Gasteiger partial charge < -0.3 is 14.8 Å². The third kappa shape index (κ3) is 6.24. The summed E-state index contributed by atoms with van der Waals surface area (Å²) in [5.74, 6) is -6.23. The Kier molecular flexibility index (Phi) is 7.20. The van der Waals surface area contributed by atoms with E-state index in [0.29, 0.717) is 12.1 Å². The molecule has 0 unspecified atom stereocenters. The molecule has 0 saturated heterocycles. The second kappa shape index (κ2) is 9.32. The third-order valence-electron chi connectivity index (χ3n) is 3.39. The van der Waals surface area contributed by atoms with Gasteiger partial charge in [0.05, 0.1) is 15.7 Å². The van der Waals surface area contributed by atoms with Gasteiger partial charge in [0.25, 0.3) is 0 Å². The van der Waals surface area contributed by atoms with Crippen molar-refractivity contribution in [1.82, 2.24) is 0 Å². The molecule has 0 amide bonds. The van der Waals surface area contributed by atoms with Crippen LogP contribution in [-0.2, 0) is 6.18 Å². The van der Waals surface area contributed by atoms with Crippen molar-refractivity contribution in [2.45, 2.75) is 12.5 Å². The second-order valence-electron chi connectivity index (χ2n) is 5.62. The van der Waals surface area contributed by atoms with Crippen LogP contribution in [0.5, 0.6) is 17.2 Å². The summed E-state index contributed by atoms with van der Waals surface area (Å²) in [4.78, 5) is 0. The molecule has 5 nitrogen and oxygen atoms in total. The van der Waals surface area contributed by atoms with E-state index < -0.39 is 58.2 Å². The molecule has 2 aromatic carbocycles. The Bertz CT molecular complexity index is 1110. The highest BCUT2D eigenvalue weighted by Crippen LogP contribution is 2.43. The maximum atomic E-state index is 14.1. The molecule has 168 valence electrons. The standard InChI is InChI=1S/C18H6BrF8N3O2/c19-11-3-10(32-18(25,26)27)4-14(30-7-8(5-28)6-29)15(11)31-16-12(20)1-9(2-13(16)21)17(22,23)24/h1-4,7,30H. The highest BCUT2D eigenvalue weighted by Gasteiger charge is 2.34. The van der Waals surface area contributed by atoms with Crippen molar-refractivity contribution >= 4 is 21.6 Å². The first-order valence-electron chi connectivity index (χ1n) is 7.85. The number of alkyl halides is 6. The van der Waals surface area contributed by atoms with Crippen LogP contribution >= 0.6 is 15.9 Å². The highest BCUT2D eigenvalue weighted by atomic mass is 79.9. The molecule has 0 saturated carbocycles. The average molecular weight is 528 g/mol. The molecule has 0 aliphatic carbocycles. The van der Waals surface area contributed by atoms with Gasteiger partial charge >= 0.3 is 12.5 Å². The van der Waals surface area contributed by atoms with Crippen LogP contribution in [0, 0.1) is 34.3 Å². The van der Waals surface area contributed by atoms with Crippen LogP contribution in [0.4, 0.5) is 40.8 Å². The Labute approximate surface area is 182 Å². The summed E-state index contributed by atoms with van der Waals surface area (Å²) in [5.41, 5.74) is -2.66. The molecule has 0 spiro atoms. The lowest BCUT2D eigenvalue weighted by Gasteiger charge is -2.17. The van der Waals surface area contributed by atoms with Crippen molar-refractivity contribution in [2.75, 3.05) is 5.32 Å². The minimum Gasteiger partial charge on any atom is -0.448 e. The average Bonchev–Trinajstić information content (AvgIpc) is 2.64. The molecule has 0 radical (unpaired) electrons. The number of hydrogen-bond acceptors (Lipinski definition) is 5. The molecule has 2 rings (SSSR count). The molecule has 1 N–H and O–H groups in total. The number of ether oxygens (including phenoxy) is 2. The Morgan fingerprint density at radius 1 is 0.938 bits per heavy atom. The summed E-state index contributed by atoms with van der Waals surface area (Å²) in [6, 6.07) is 4.16. The Balaban J connectivity index is 2.59. The molecule has 0 fully saturated rings. The lowest BCUT2D eigenvalue weighted by atomic mass is 10.2. The van der Waals surface area contributed by atoms with Crippen LogP contribution in [-0.4, -0.2) is 6.36 Å². The van der Waals surface area contributed by atoms with E-state index in [-0.39, 0.29) is 16.6 Å². The predicted octanol–water partition coefficient (Wildman–Crippen LogP) is 6.78. The predicted molar refractivity (Wildman–Crippen MR) is 95.2 cm³/mol. The third-order valence-corrected chi connectivity index (χ3v) is 3.98. The van der Waals surface area contributed by atoms with Gasteiger partial charge in [-0.2, -0.15) is 23.7 Å². The van der Waals surface area contributed by atoms with E-state index in [0.717, 1.165) is 6.20 Å². The van der Waals surface area contributed by atoms with Gasteiger partial charge in [-0.15, -0.1) is 13.2 Å². The Hall–Kier alpha value is -3.52. The number of allylic oxidation sites excluding steroid dienone is 1. The topological polar surface area (TPSA) is 78.1 Å². The van der Waals surface area contributed by atoms with Crippen LogP contribution < -0.4 is 14.8 Å². The maximum absolute atomic E-state index is 14.1. The molecule has 2 aromatic rings. The zero-order valence-corrected chi connectivity index (χ0v) is 16.6. The molecule has 0 bridgehead atoms. The van der Waals surface area contributed by atoms with Crippen LogP contribution in [0.15, 0.2) is 40.5 Å². The SMILES string of the molecule is N#CC(C#N)=CNc1cc(OC(F)(F)F)cc(Br)c1Oc1c(F)cc(C(F)(F)F)cc1F. The van der Waals surface area contributed by atoms with E-state index in [1.807, 2.05) is 0 Å². The van der Waals surface area contributed by atoms with Crippen molar-refractivity contribution in [3.05, 3.63) is 57.7 Å². The van der Waals surface area contributed by atoms with Crippen molar-refractivity contribution < 1.29 is 44.6 Å². The summed E-state index contributed by atoms with van der Waals surface area (Å²) in [7, 11) is 0. The fourth-order valence-corrected chi connectivity index (χ4v) is 2.65. The number of nitrogens with one attached hydrogen (secondary N) is 1. The molecular weight excluding hydrogens is 522 g/mol. The van der Waals surface area contributed by atoms with E-state index in [1.54, 1.807) is 0 Å². The summed E-state index contributed by atoms with van der Waals surface area (Å²) < 4.78 is 112. The number of benzene rings is 2.